The fourth-order valence-electron chi connectivity index (χ4n) is 4.92. The van der Waals surface area contributed by atoms with Crippen LogP contribution in [0.4, 0.5) is 0 Å². The average Bonchev–Trinajstić information content (AvgIpc) is 2.98. The number of aliphatic hydroxyl groups is 1. The van der Waals surface area contributed by atoms with Crippen molar-refractivity contribution in [2.75, 3.05) is 40.9 Å². The molecule has 0 aliphatic heterocycles. The highest BCUT2D eigenvalue weighted by atomic mass is 31.2. The molecule has 0 aliphatic rings. The van der Waals surface area contributed by atoms with E-state index in [1.165, 1.54) is 96.3 Å². The van der Waals surface area contributed by atoms with Gasteiger partial charge in [-0.15, -0.1) is 0 Å². The van der Waals surface area contributed by atoms with Crippen LogP contribution in [0.5, 0.6) is 0 Å². The van der Waals surface area contributed by atoms with Crippen LogP contribution in [0.15, 0.2) is 24.3 Å². The smallest absolute Gasteiger partial charge is 0.387 e. The van der Waals surface area contributed by atoms with Crippen molar-refractivity contribution >= 4 is 13.7 Å². The Morgan fingerprint density at radius 2 is 1.22 bits per heavy atom. The van der Waals surface area contributed by atoms with Gasteiger partial charge in [-0.3, -0.25) is 13.8 Å². The molecule has 0 aromatic heterocycles. The second-order valence-corrected chi connectivity index (χ2v) is 15.0. The number of quaternary nitrogens is 1. The van der Waals surface area contributed by atoms with Crippen LogP contribution >= 0.6 is 7.82 Å². The molecule has 45 heavy (non-hydrogen) atoms. The Morgan fingerprint density at radius 1 is 0.733 bits per heavy atom. The molecule has 0 aromatic rings. The highest BCUT2D eigenvalue weighted by Crippen LogP contribution is 2.43. The van der Waals surface area contributed by atoms with Crippen molar-refractivity contribution < 1.29 is 32.9 Å². The van der Waals surface area contributed by atoms with E-state index in [0.717, 1.165) is 32.1 Å². The molecule has 1 amide bonds. The maximum Gasteiger partial charge on any atom is 0.472 e. The Kier molecular flexibility index (Phi) is 28.5. The number of phosphoric ester groups is 1. The van der Waals surface area contributed by atoms with E-state index in [2.05, 4.69) is 24.4 Å². The van der Waals surface area contributed by atoms with Gasteiger partial charge in [-0.1, -0.05) is 134 Å². The number of hydrogen-bond acceptors (Lipinski definition) is 5. The third-order valence-electron chi connectivity index (χ3n) is 7.92. The SMILES string of the molecule is CCCCCCCCCCCCCCCCC/C=C/CC/C=C/C(O)C(COP(=O)(O)OCC[N+](C)(C)C)NC(=O)CCCC. The van der Waals surface area contributed by atoms with E-state index < -0.39 is 20.0 Å². The molecule has 3 unspecified atom stereocenters. The highest BCUT2D eigenvalue weighted by Gasteiger charge is 2.27. The fraction of sp³-hybridized carbons (Fsp3) is 0.861. The van der Waals surface area contributed by atoms with E-state index in [0.29, 0.717) is 17.4 Å². The van der Waals surface area contributed by atoms with E-state index in [1.807, 2.05) is 34.1 Å². The van der Waals surface area contributed by atoms with Gasteiger partial charge in [0, 0.05) is 6.42 Å². The van der Waals surface area contributed by atoms with Gasteiger partial charge in [-0.05, 0) is 32.1 Å². The zero-order valence-corrected chi connectivity index (χ0v) is 30.8. The van der Waals surface area contributed by atoms with Crippen LogP contribution in [0.25, 0.3) is 0 Å². The first-order valence-electron chi connectivity index (χ1n) is 18.2. The molecule has 0 heterocycles. The number of hydrogen-bond donors (Lipinski definition) is 3. The summed E-state index contributed by atoms with van der Waals surface area (Å²) in [6.45, 7) is 4.53. The summed E-state index contributed by atoms with van der Waals surface area (Å²) in [5, 5.41) is 13.5. The van der Waals surface area contributed by atoms with Crippen molar-refractivity contribution in [3.8, 4) is 0 Å². The second-order valence-electron chi connectivity index (χ2n) is 13.6. The van der Waals surface area contributed by atoms with E-state index in [4.69, 9.17) is 9.05 Å². The molecule has 9 heteroatoms. The highest BCUT2D eigenvalue weighted by molar-refractivity contribution is 7.47. The molecule has 0 saturated carbocycles. The molecule has 0 saturated heterocycles. The number of carbonyl (C=O) groups excluding carboxylic acids is 1. The number of carbonyl (C=O) groups is 1. The number of rotatable bonds is 32. The maximum absolute atomic E-state index is 12.3. The van der Waals surface area contributed by atoms with Gasteiger partial charge in [0.2, 0.25) is 5.91 Å². The maximum atomic E-state index is 12.3. The summed E-state index contributed by atoms with van der Waals surface area (Å²) in [6, 6.07) is -0.853. The zero-order valence-electron chi connectivity index (χ0n) is 29.9. The molecule has 8 nitrogen and oxygen atoms in total. The molecule has 0 aromatic carbocycles. The number of nitrogens with zero attached hydrogens (tertiary/aromatic N) is 1. The lowest BCUT2D eigenvalue weighted by Crippen LogP contribution is -2.45. The minimum absolute atomic E-state index is 0.0558. The van der Waals surface area contributed by atoms with Gasteiger partial charge in [0.15, 0.2) is 0 Å². The van der Waals surface area contributed by atoms with Crippen LogP contribution in [-0.4, -0.2) is 73.4 Å². The van der Waals surface area contributed by atoms with Crippen molar-refractivity contribution in [1.82, 2.24) is 5.32 Å². The van der Waals surface area contributed by atoms with Gasteiger partial charge in [0.1, 0.15) is 13.2 Å². The molecular formula is C36H72N2O6P+. The molecule has 0 fully saturated rings. The van der Waals surface area contributed by atoms with Crippen LogP contribution in [0, 0.1) is 0 Å². The van der Waals surface area contributed by atoms with Crippen molar-refractivity contribution in [3.63, 3.8) is 0 Å². The van der Waals surface area contributed by atoms with Gasteiger partial charge >= 0.3 is 7.82 Å². The van der Waals surface area contributed by atoms with Gasteiger partial charge in [0.05, 0.1) is 39.9 Å². The number of amides is 1. The molecule has 0 aliphatic carbocycles. The monoisotopic (exact) mass is 660 g/mol. The number of unbranched alkanes of at least 4 members (excludes halogenated alkanes) is 17. The molecule has 3 N–H and O–H groups in total. The average molecular weight is 660 g/mol. The zero-order chi connectivity index (χ0) is 33.7. The van der Waals surface area contributed by atoms with Crippen LogP contribution < -0.4 is 5.32 Å². The quantitative estimate of drug-likeness (QED) is 0.0288. The first kappa shape index (κ1) is 44.0. The van der Waals surface area contributed by atoms with Gasteiger partial charge in [-0.2, -0.15) is 0 Å². The number of allylic oxidation sites excluding steroid dienone is 3. The second kappa shape index (κ2) is 29.1. The van der Waals surface area contributed by atoms with Crippen LogP contribution in [0.1, 0.15) is 149 Å². The standard InChI is InChI=1S/C36H71N2O6P/c1-6-8-10-11-12-13-14-15-16-17-18-19-20-21-22-23-24-25-26-27-28-29-35(39)34(37-36(40)30-9-7-2)33-44-45(41,42)43-32-31-38(3,4)5/h24-25,28-29,34-35,39H,6-23,26-27,30-33H2,1-5H3,(H-,37,40,41,42)/p+1/b25-24+,29-28+. The Hall–Kier alpha value is -1.02. The Bertz CT molecular complexity index is 799. The number of phosphoric acid groups is 1. The predicted molar refractivity (Wildman–Crippen MR) is 189 cm³/mol. The summed E-state index contributed by atoms with van der Waals surface area (Å²) < 4.78 is 23.1. The minimum atomic E-state index is -4.31. The summed E-state index contributed by atoms with van der Waals surface area (Å²) >= 11 is 0. The van der Waals surface area contributed by atoms with E-state index in [1.54, 1.807) is 6.08 Å². The third kappa shape index (κ3) is 31.4. The predicted octanol–water partition coefficient (Wildman–Crippen LogP) is 9.02. The first-order chi connectivity index (χ1) is 21.5. The lowest BCUT2D eigenvalue weighted by molar-refractivity contribution is -0.870. The number of nitrogens with one attached hydrogen (secondary N) is 1. The number of likely N-dealkylation sites (N-methyl/N-ethyl adjacent to an activating group) is 1. The minimum Gasteiger partial charge on any atom is -0.387 e. The summed E-state index contributed by atoms with van der Waals surface area (Å²) in [6.07, 6.45) is 32.2. The fourth-order valence-corrected chi connectivity index (χ4v) is 5.65. The summed E-state index contributed by atoms with van der Waals surface area (Å²) in [4.78, 5) is 22.4. The van der Waals surface area contributed by atoms with Gasteiger partial charge < -0.3 is 19.8 Å². The van der Waals surface area contributed by atoms with Crippen molar-refractivity contribution in [3.05, 3.63) is 24.3 Å². The van der Waals surface area contributed by atoms with Crippen LogP contribution in [0.3, 0.4) is 0 Å². The van der Waals surface area contributed by atoms with Crippen molar-refractivity contribution in [2.24, 2.45) is 0 Å². The first-order valence-corrected chi connectivity index (χ1v) is 19.7. The summed E-state index contributed by atoms with van der Waals surface area (Å²) in [5.41, 5.74) is 0. The molecule has 3 atom stereocenters. The molecule has 266 valence electrons. The third-order valence-corrected chi connectivity index (χ3v) is 8.91. The number of aliphatic hydroxyl groups excluding tert-OH is 1. The van der Waals surface area contributed by atoms with Crippen molar-refractivity contribution in [2.45, 2.75) is 161 Å². The molecule has 0 rings (SSSR count). The van der Waals surface area contributed by atoms with E-state index in [9.17, 15) is 19.4 Å². The molecular weight excluding hydrogens is 587 g/mol. The van der Waals surface area contributed by atoms with Crippen molar-refractivity contribution in [1.29, 1.82) is 0 Å². The molecule has 0 bridgehead atoms. The Balaban J connectivity index is 4.15. The van der Waals surface area contributed by atoms with Crippen LogP contribution in [0.2, 0.25) is 0 Å². The van der Waals surface area contributed by atoms with Gasteiger partial charge in [0.25, 0.3) is 0 Å². The molecule has 0 radical (unpaired) electrons. The van der Waals surface area contributed by atoms with Crippen LogP contribution in [-0.2, 0) is 18.4 Å². The summed E-state index contributed by atoms with van der Waals surface area (Å²) in [7, 11) is 1.55. The van der Waals surface area contributed by atoms with Gasteiger partial charge in [-0.25, -0.2) is 4.57 Å². The molecule has 0 spiro atoms. The Labute approximate surface area is 277 Å². The lowest BCUT2D eigenvalue weighted by atomic mass is 10.0. The lowest BCUT2D eigenvalue weighted by Gasteiger charge is -2.25. The summed E-state index contributed by atoms with van der Waals surface area (Å²) in [5.74, 6) is -0.224. The Morgan fingerprint density at radius 3 is 1.76 bits per heavy atom. The normalized spacial score (nSPS) is 15.1. The largest absolute Gasteiger partial charge is 0.472 e. The van der Waals surface area contributed by atoms with E-state index in [-0.39, 0.29) is 19.1 Å². The van der Waals surface area contributed by atoms with E-state index >= 15 is 0 Å². The topological polar surface area (TPSA) is 105 Å².